The molecule has 102 valence electrons. The minimum absolute atomic E-state index is 0.812. The van der Waals surface area contributed by atoms with Crippen LogP contribution in [0.4, 0.5) is 0 Å². The predicted molar refractivity (Wildman–Crippen MR) is 81.8 cm³/mol. The van der Waals surface area contributed by atoms with E-state index in [-0.39, 0.29) is 0 Å². The third-order valence-electron chi connectivity index (χ3n) is 3.12. The predicted octanol–water partition coefficient (Wildman–Crippen LogP) is 5.49. The van der Waals surface area contributed by atoms with Gasteiger partial charge in [-0.05, 0) is 18.6 Å². The van der Waals surface area contributed by atoms with Crippen molar-refractivity contribution in [3.63, 3.8) is 0 Å². The van der Waals surface area contributed by atoms with Crippen molar-refractivity contribution in [2.75, 3.05) is 6.61 Å². The molecule has 0 aliphatic heterocycles. The lowest BCUT2D eigenvalue weighted by Gasteiger charge is -2.08. The first-order valence-corrected chi connectivity index (χ1v) is 7.70. The molecule has 1 aromatic carbocycles. The normalized spacial score (nSPS) is 10.6. The average Bonchev–Trinajstić information content (AvgIpc) is 2.39. The van der Waals surface area contributed by atoms with Gasteiger partial charge < -0.3 is 4.74 Å². The van der Waals surface area contributed by atoms with Crippen LogP contribution < -0.4 is 4.74 Å². The van der Waals surface area contributed by atoms with Gasteiger partial charge in [-0.25, -0.2) is 0 Å². The second-order valence-corrected chi connectivity index (χ2v) is 5.27. The van der Waals surface area contributed by atoms with Crippen LogP contribution in [0.2, 0.25) is 0 Å². The van der Waals surface area contributed by atoms with Gasteiger partial charge in [0.15, 0.2) is 0 Å². The van der Waals surface area contributed by atoms with Crippen molar-refractivity contribution in [1.29, 1.82) is 0 Å². The highest BCUT2D eigenvalue weighted by molar-refractivity contribution is 7.80. The summed E-state index contributed by atoms with van der Waals surface area (Å²) in [5, 5.41) is 0. The van der Waals surface area contributed by atoms with Gasteiger partial charge >= 0.3 is 0 Å². The number of ether oxygens (including phenoxy) is 1. The Labute approximate surface area is 117 Å². The Hall–Kier alpha value is -0.630. The van der Waals surface area contributed by atoms with E-state index in [2.05, 4.69) is 19.6 Å². The van der Waals surface area contributed by atoms with E-state index in [1.807, 2.05) is 24.3 Å². The summed E-state index contributed by atoms with van der Waals surface area (Å²) >= 11 is 4.36. The van der Waals surface area contributed by atoms with Crippen molar-refractivity contribution in [3.05, 3.63) is 24.3 Å². The van der Waals surface area contributed by atoms with Crippen molar-refractivity contribution >= 4 is 12.6 Å². The molecule has 1 aromatic rings. The molecule has 1 nitrogen and oxygen atoms in total. The SMILES string of the molecule is CCCCCCCCCCOc1ccccc1S. The molecule has 18 heavy (non-hydrogen) atoms. The topological polar surface area (TPSA) is 9.23 Å². The highest BCUT2D eigenvalue weighted by Gasteiger charge is 1.98. The number of thiol groups is 1. The number of hydrogen-bond donors (Lipinski definition) is 1. The van der Waals surface area contributed by atoms with Crippen molar-refractivity contribution in [1.82, 2.24) is 0 Å². The molecule has 0 atom stereocenters. The molecule has 0 radical (unpaired) electrons. The van der Waals surface area contributed by atoms with Crippen molar-refractivity contribution in [3.8, 4) is 5.75 Å². The van der Waals surface area contributed by atoms with E-state index in [0.29, 0.717) is 0 Å². The Morgan fingerprint density at radius 1 is 0.889 bits per heavy atom. The van der Waals surface area contributed by atoms with Gasteiger partial charge in [-0.1, -0.05) is 64.0 Å². The lowest BCUT2D eigenvalue weighted by Crippen LogP contribution is -1.97. The van der Waals surface area contributed by atoms with E-state index >= 15 is 0 Å². The Morgan fingerprint density at radius 3 is 2.17 bits per heavy atom. The zero-order valence-corrected chi connectivity index (χ0v) is 12.4. The Kier molecular flexibility index (Phi) is 8.83. The van der Waals surface area contributed by atoms with E-state index < -0.39 is 0 Å². The van der Waals surface area contributed by atoms with Gasteiger partial charge in [-0.2, -0.15) is 0 Å². The van der Waals surface area contributed by atoms with E-state index in [9.17, 15) is 0 Å². The first kappa shape index (κ1) is 15.4. The highest BCUT2D eigenvalue weighted by Crippen LogP contribution is 2.21. The molecule has 2 heteroatoms. The zero-order chi connectivity index (χ0) is 13.1. The van der Waals surface area contributed by atoms with E-state index in [1.54, 1.807) is 0 Å². The second kappa shape index (κ2) is 10.3. The molecule has 0 fully saturated rings. The fourth-order valence-corrected chi connectivity index (χ4v) is 2.22. The summed E-state index contributed by atoms with van der Waals surface area (Å²) in [5.74, 6) is 0.906. The summed E-state index contributed by atoms with van der Waals surface area (Å²) in [7, 11) is 0. The Morgan fingerprint density at radius 2 is 1.50 bits per heavy atom. The summed E-state index contributed by atoms with van der Waals surface area (Å²) in [5.41, 5.74) is 0. The van der Waals surface area contributed by atoms with Gasteiger partial charge in [0.05, 0.1) is 6.61 Å². The third-order valence-corrected chi connectivity index (χ3v) is 3.49. The molecular formula is C16H26OS. The summed E-state index contributed by atoms with van der Waals surface area (Å²) in [6, 6.07) is 7.91. The van der Waals surface area contributed by atoms with Crippen LogP contribution in [0.1, 0.15) is 58.3 Å². The first-order chi connectivity index (χ1) is 8.84. The maximum atomic E-state index is 5.71. The highest BCUT2D eigenvalue weighted by atomic mass is 32.1. The number of para-hydroxylation sites is 1. The van der Waals surface area contributed by atoms with Crippen LogP contribution in [0, 0.1) is 0 Å². The molecule has 0 bridgehead atoms. The van der Waals surface area contributed by atoms with Crippen LogP contribution >= 0.6 is 12.6 Å². The molecule has 0 aliphatic rings. The van der Waals surface area contributed by atoms with Gasteiger partial charge in [-0.15, -0.1) is 12.6 Å². The van der Waals surface area contributed by atoms with Crippen molar-refractivity contribution in [2.45, 2.75) is 63.2 Å². The fourth-order valence-electron chi connectivity index (χ4n) is 2.00. The Bertz CT molecular complexity index is 312. The van der Waals surface area contributed by atoms with E-state index in [4.69, 9.17) is 4.74 Å². The molecule has 0 saturated carbocycles. The summed E-state index contributed by atoms with van der Waals surface area (Å²) < 4.78 is 5.71. The van der Waals surface area contributed by atoms with E-state index in [1.165, 1.54) is 44.9 Å². The van der Waals surface area contributed by atoms with Crippen LogP contribution in [0.3, 0.4) is 0 Å². The van der Waals surface area contributed by atoms with Gasteiger partial charge in [0.2, 0.25) is 0 Å². The maximum absolute atomic E-state index is 5.71. The van der Waals surface area contributed by atoms with Crippen LogP contribution in [0.25, 0.3) is 0 Å². The molecule has 0 spiro atoms. The second-order valence-electron chi connectivity index (χ2n) is 4.79. The smallest absolute Gasteiger partial charge is 0.132 e. The third kappa shape index (κ3) is 6.95. The van der Waals surface area contributed by atoms with Crippen LogP contribution in [-0.2, 0) is 0 Å². The average molecular weight is 266 g/mol. The van der Waals surface area contributed by atoms with Crippen LogP contribution in [0.15, 0.2) is 29.2 Å². The molecule has 0 heterocycles. The molecule has 0 aliphatic carbocycles. The lowest BCUT2D eigenvalue weighted by molar-refractivity contribution is 0.298. The largest absolute Gasteiger partial charge is 0.492 e. The number of benzene rings is 1. The first-order valence-electron chi connectivity index (χ1n) is 7.25. The van der Waals surface area contributed by atoms with Crippen molar-refractivity contribution in [2.24, 2.45) is 0 Å². The standard InChI is InChI=1S/C16H26OS/c1-2-3-4-5-6-7-8-11-14-17-15-12-9-10-13-16(15)18/h9-10,12-13,18H,2-8,11,14H2,1H3. The summed E-state index contributed by atoms with van der Waals surface area (Å²) in [6.07, 6.45) is 10.7. The molecule has 0 aromatic heterocycles. The van der Waals surface area contributed by atoms with E-state index in [0.717, 1.165) is 23.7 Å². The van der Waals surface area contributed by atoms with Gasteiger partial charge in [-0.3, -0.25) is 0 Å². The minimum atomic E-state index is 0.812. The molecule has 0 saturated heterocycles. The zero-order valence-electron chi connectivity index (χ0n) is 11.5. The fraction of sp³-hybridized carbons (Fsp3) is 0.625. The summed E-state index contributed by atoms with van der Waals surface area (Å²) in [4.78, 5) is 0.928. The molecule has 0 N–H and O–H groups in total. The van der Waals surface area contributed by atoms with Crippen LogP contribution in [0.5, 0.6) is 5.75 Å². The molecular weight excluding hydrogens is 240 g/mol. The molecule has 0 amide bonds. The summed E-state index contributed by atoms with van der Waals surface area (Å²) in [6.45, 7) is 3.07. The number of rotatable bonds is 10. The van der Waals surface area contributed by atoms with Crippen LogP contribution in [-0.4, -0.2) is 6.61 Å². The number of hydrogen-bond acceptors (Lipinski definition) is 2. The number of unbranched alkanes of at least 4 members (excludes halogenated alkanes) is 7. The van der Waals surface area contributed by atoms with Crippen molar-refractivity contribution < 1.29 is 4.74 Å². The molecule has 1 rings (SSSR count). The van der Waals surface area contributed by atoms with Gasteiger partial charge in [0, 0.05) is 4.90 Å². The molecule has 0 unspecified atom stereocenters. The monoisotopic (exact) mass is 266 g/mol. The quantitative estimate of drug-likeness (QED) is 0.435. The maximum Gasteiger partial charge on any atom is 0.132 e. The minimum Gasteiger partial charge on any atom is -0.492 e. The lowest BCUT2D eigenvalue weighted by atomic mass is 10.1. The van der Waals surface area contributed by atoms with Gasteiger partial charge in [0.25, 0.3) is 0 Å². The Balaban J connectivity index is 1.94. The van der Waals surface area contributed by atoms with Gasteiger partial charge in [0.1, 0.15) is 5.75 Å².